The maximum Gasteiger partial charge on any atom is 0.146 e. The zero-order valence-corrected chi connectivity index (χ0v) is 5.52. The fraction of sp³-hybridized carbons (Fsp3) is 0.833. The molecule has 0 aromatic carbocycles. The minimum Gasteiger partial charge on any atom is -0.281 e. The van der Waals surface area contributed by atoms with Gasteiger partial charge in [0.15, 0.2) is 0 Å². The summed E-state index contributed by atoms with van der Waals surface area (Å²) in [6.07, 6.45) is 0. The highest BCUT2D eigenvalue weighted by Crippen LogP contribution is 2.04. The molecule has 2 nitrogen and oxygen atoms in total. The van der Waals surface area contributed by atoms with E-state index < -0.39 is 0 Å². The summed E-state index contributed by atoms with van der Waals surface area (Å²) < 4.78 is 0. The third-order valence-electron chi connectivity index (χ3n) is 1.40. The van der Waals surface area contributed by atoms with E-state index in [-0.39, 0.29) is 0 Å². The monoisotopic (exact) mass is 112 g/mol. The molecule has 2 radical (unpaired) electrons. The first-order valence-electron chi connectivity index (χ1n) is 3.05. The average Bonchev–Trinajstić information content (AvgIpc) is 2.14. The second kappa shape index (κ2) is 2.46. The van der Waals surface area contributed by atoms with Gasteiger partial charge in [-0.2, -0.15) is 0 Å². The maximum atomic E-state index is 3.17. The molecule has 1 heterocycles. The minimum atomic E-state index is 1.09. The third kappa shape index (κ3) is 1.20. The highest BCUT2D eigenvalue weighted by atomic mass is 15.4. The predicted octanol–water partition coefficient (Wildman–Crippen LogP) is 0.250. The molecule has 0 aromatic rings. The van der Waals surface area contributed by atoms with Crippen molar-refractivity contribution in [2.45, 2.75) is 6.92 Å². The fourth-order valence-electron chi connectivity index (χ4n) is 0.841. The van der Waals surface area contributed by atoms with Gasteiger partial charge in [0, 0.05) is 13.1 Å². The molecule has 0 atom stereocenters. The van der Waals surface area contributed by atoms with Crippen LogP contribution in [-0.2, 0) is 0 Å². The zero-order valence-electron chi connectivity index (χ0n) is 5.52. The van der Waals surface area contributed by atoms with Gasteiger partial charge >= 0.3 is 0 Å². The second-order valence-corrected chi connectivity index (χ2v) is 2.10. The highest BCUT2D eigenvalue weighted by Gasteiger charge is 2.14. The van der Waals surface area contributed by atoms with E-state index in [1.807, 2.05) is 0 Å². The Morgan fingerprint density at radius 3 is 2.50 bits per heavy atom. The molecule has 0 unspecified atom stereocenters. The van der Waals surface area contributed by atoms with Gasteiger partial charge in [-0.05, 0) is 13.6 Å². The molecular formula is C6H12N2. The van der Waals surface area contributed by atoms with E-state index in [0.29, 0.717) is 0 Å². The molecule has 8 heavy (non-hydrogen) atoms. The lowest BCUT2D eigenvalue weighted by molar-refractivity contribution is 0.369. The van der Waals surface area contributed by atoms with Gasteiger partial charge in [-0.15, -0.1) is 0 Å². The summed E-state index contributed by atoms with van der Waals surface area (Å²) in [7, 11) is 2.05. The van der Waals surface area contributed by atoms with E-state index in [1.165, 1.54) is 0 Å². The predicted molar refractivity (Wildman–Crippen MR) is 33.1 cm³/mol. The van der Waals surface area contributed by atoms with Gasteiger partial charge in [0.1, 0.15) is 6.67 Å². The molecule has 1 fully saturated rings. The quantitative estimate of drug-likeness (QED) is 0.480. The van der Waals surface area contributed by atoms with Crippen LogP contribution in [0.1, 0.15) is 6.92 Å². The standard InChI is InChI=1S/C6H12N2/c1-3-8-5-4-7(2)6-8/h3-5H2,1-2H3. The van der Waals surface area contributed by atoms with Crippen molar-refractivity contribution in [3.8, 4) is 0 Å². The Labute approximate surface area is 51.1 Å². The van der Waals surface area contributed by atoms with Crippen LogP contribution in [0.4, 0.5) is 0 Å². The summed E-state index contributed by atoms with van der Waals surface area (Å²) in [6.45, 7) is 8.68. The topological polar surface area (TPSA) is 6.48 Å². The van der Waals surface area contributed by atoms with Gasteiger partial charge in [0.05, 0.1) is 0 Å². The van der Waals surface area contributed by atoms with Crippen molar-refractivity contribution in [2.24, 2.45) is 0 Å². The first-order chi connectivity index (χ1) is 3.83. The maximum absolute atomic E-state index is 3.17. The van der Waals surface area contributed by atoms with Crippen LogP contribution in [0.2, 0.25) is 0 Å². The summed E-state index contributed by atoms with van der Waals surface area (Å²) in [4.78, 5) is 4.27. The number of hydrogen-bond donors (Lipinski definition) is 0. The highest BCUT2D eigenvalue weighted by molar-refractivity contribution is 4.75. The van der Waals surface area contributed by atoms with E-state index in [9.17, 15) is 0 Å². The van der Waals surface area contributed by atoms with Gasteiger partial charge in [0.25, 0.3) is 0 Å². The summed E-state index contributed by atoms with van der Waals surface area (Å²) in [5, 5.41) is 0. The minimum absolute atomic E-state index is 1.09. The van der Waals surface area contributed by atoms with Crippen LogP contribution in [0.25, 0.3) is 0 Å². The van der Waals surface area contributed by atoms with Gasteiger partial charge in [-0.3, -0.25) is 9.80 Å². The Bertz CT molecular complexity index is 72.9. The van der Waals surface area contributed by atoms with Crippen LogP contribution in [0.5, 0.6) is 0 Å². The normalized spacial score (nSPS) is 24.8. The Morgan fingerprint density at radius 2 is 2.25 bits per heavy atom. The van der Waals surface area contributed by atoms with E-state index in [2.05, 4.69) is 30.4 Å². The van der Waals surface area contributed by atoms with E-state index in [1.54, 1.807) is 0 Å². The van der Waals surface area contributed by atoms with Crippen molar-refractivity contribution in [1.29, 1.82) is 0 Å². The Kier molecular flexibility index (Phi) is 1.86. The molecule has 0 aliphatic carbocycles. The molecule has 0 aromatic heterocycles. The van der Waals surface area contributed by atoms with Gasteiger partial charge in [-0.1, -0.05) is 6.92 Å². The Balaban J connectivity index is 2.22. The van der Waals surface area contributed by atoms with Crippen LogP contribution in [-0.4, -0.2) is 36.5 Å². The molecule has 0 N–H and O–H groups in total. The Hall–Kier alpha value is -0.0800. The molecule has 0 amide bonds. The molecule has 1 saturated heterocycles. The molecule has 1 rings (SSSR count). The van der Waals surface area contributed by atoms with Crippen molar-refractivity contribution >= 4 is 0 Å². The first kappa shape index (κ1) is 6.05. The Morgan fingerprint density at radius 1 is 1.50 bits per heavy atom. The molecular weight excluding hydrogens is 100 g/mol. The smallest absolute Gasteiger partial charge is 0.146 e. The average molecular weight is 112 g/mol. The van der Waals surface area contributed by atoms with E-state index in [0.717, 1.165) is 19.6 Å². The third-order valence-corrected chi connectivity index (χ3v) is 1.40. The van der Waals surface area contributed by atoms with Gasteiger partial charge in [-0.25, -0.2) is 0 Å². The lowest BCUT2D eigenvalue weighted by atomic mass is 10.6. The van der Waals surface area contributed by atoms with E-state index in [4.69, 9.17) is 0 Å². The van der Waals surface area contributed by atoms with Crippen LogP contribution in [0.3, 0.4) is 0 Å². The first-order valence-corrected chi connectivity index (χ1v) is 3.05. The number of hydrogen-bond acceptors (Lipinski definition) is 2. The molecule has 1 aliphatic rings. The molecule has 0 saturated carbocycles. The largest absolute Gasteiger partial charge is 0.281 e. The summed E-state index contributed by atoms with van der Waals surface area (Å²) >= 11 is 0. The lowest BCUT2D eigenvalue weighted by Crippen LogP contribution is -2.16. The second-order valence-electron chi connectivity index (χ2n) is 2.10. The molecule has 0 spiro atoms. The van der Waals surface area contributed by atoms with Crippen LogP contribution in [0, 0.1) is 6.67 Å². The summed E-state index contributed by atoms with van der Waals surface area (Å²) in [5.74, 6) is 0. The summed E-state index contributed by atoms with van der Waals surface area (Å²) in [6, 6.07) is 0. The molecule has 0 bridgehead atoms. The van der Waals surface area contributed by atoms with Crippen molar-refractivity contribution in [3.05, 3.63) is 6.67 Å². The van der Waals surface area contributed by atoms with Crippen LogP contribution < -0.4 is 0 Å². The van der Waals surface area contributed by atoms with E-state index >= 15 is 0 Å². The van der Waals surface area contributed by atoms with Crippen molar-refractivity contribution < 1.29 is 0 Å². The van der Waals surface area contributed by atoms with Crippen LogP contribution in [0.15, 0.2) is 0 Å². The molecule has 2 heteroatoms. The van der Waals surface area contributed by atoms with Crippen LogP contribution >= 0.6 is 0 Å². The zero-order chi connectivity index (χ0) is 5.98. The number of rotatable bonds is 1. The van der Waals surface area contributed by atoms with Gasteiger partial charge in [0.2, 0.25) is 0 Å². The number of nitrogens with zero attached hydrogens (tertiary/aromatic N) is 2. The van der Waals surface area contributed by atoms with Crippen molar-refractivity contribution in [2.75, 3.05) is 26.7 Å². The number of likely N-dealkylation sites (N-methyl/N-ethyl adjacent to an activating group) is 2. The van der Waals surface area contributed by atoms with Crippen molar-refractivity contribution in [3.63, 3.8) is 0 Å². The van der Waals surface area contributed by atoms with Crippen molar-refractivity contribution in [1.82, 2.24) is 9.80 Å². The SMILES string of the molecule is CCN1[C]N(C)CC1. The fourth-order valence-corrected chi connectivity index (χ4v) is 0.841. The summed E-state index contributed by atoms with van der Waals surface area (Å²) in [5.41, 5.74) is 0. The lowest BCUT2D eigenvalue weighted by Gasteiger charge is -2.08. The molecule has 1 aliphatic heterocycles. The van der Waals surface area contributed by atoms with Gasteiger partial charge < -0.3 is 0 Å². The molecule has 46 valence electrons.